The second-order valence-electron chi connectivity index (χ2n) is 3.68. The van der Waals surface area contributed by atoms with Crippen LogP contribution in [0.25, 0.3) is 0 Å². The van der Waals surface area contributed by atoms with E-state index in [1.807, 2.05) is 0 Å². The lowest BCUT2D eigenvalue weighted by molar-refractivity contribution is -0.0327. The number of sulfonamides is 1. The predicted molar refractivity (Wildman–Crippen MR) is 74.1 cm³/mol. The maximum atomic E-state index is 11.9. The number of nitrogens with two attached hydrogens (primary N) is 1. The molecule has 5 nitrogen and oxygen atoms in total. The van der Waals surface area contributed by atoms with Crippen LogP contribution in [0.15, 0.2) is 23.1 Å². The van der Waals surface area contributed by atoms with Crippen molar-refractivity contribution in [2.24, 2.45) is 0 Å². The standard InChI is InChI=1S/C10H14F3N3O2S2/c1-15-20(17,18)7-2-3-8(14)9(6-7)16-4-5-19-10(11,12)13/h2-3,6,15-16H,4-5,14H2,1H3. The van der Waals surface area contributed by atoms with Gasteiger partial charge < -0.3 is 11.1 Å². The van der Waals surface area contributed by atoms with Crippen LogP contribution in [0.3, 0.4) is 0 Å². The third-order valence-electron chi connectivity index (χ3n) is 2.29. The van der Waals surface area contributed by atoms with Crippen LogP contribution in [-0.2, 0) is 10.0 Å². The second-order valence-corrected chi connectivity index (χ2v) is 6.72. The molecule has 0 aliphatic heterocycles. The summed E-state index contributed by atoms with van der Waals surface area (Å²) >= 11 is -0.161. The molecule has 1 rings (SSSR count). The van der Waals surface area contributed by atoms with Crippen LogP contribution < -0.4 is 15.8 Å². The monoisotopic (exact) mass is 329 g/mol. The molecule has 0 saturated carbocycles. The molecule has 0 unspecified atom stereocenters. The fourth-order valence-electron chi connectivity index (χ4n) is 1.33. The summed E-state index contributed by atoms with van der Waals surface area (Å²) in [6.45, 7) is 0.0113. The van der Waals surface area contributed by atoms with Gasteiger partial charge >= 0.3 is 5.51 Å². The molecule has 0 spiro atoms. The van der Waals surface area contributed by atoms with E-state index in [9.17, 15) is 21.6 Å². The van der Waals surface area contributed by atoms with Crippen molar-refractivity contribution < 1.29 is 21.6 Å². The Morgan fingerprint density at radius 2 is 2.00 bits per heavy atom. The van der Waals surface area contributed by atoms with Crippen molar-refractivity contribution >= 4 is 33.2 Å². The fraction of sp³-hybridized carbons (Fsp3) is 0.400. The summed E-state index contributed by atoms with van der Waals surface area (Å²) in [5.41, 5.74) is 1.89. The zero-order valence-corrected chi connectivity index (χ0v) is 12.1. The molecule has 10 heteroatoms. The number of nitrogen functional groups attached to an aromatic ring is 1. The van der Waals surface area contributed by atoms with Gasteiger partial charge in [0.25, 0.3) is 0 Å². The van der Waals surface area contributed by atoms with E-state index in [1.165, 1.54) is 25.2 Å². The molecule has 1 aromatic rings. The van der Waals surface area contributed by atoms with Crippen molar-refractivity contribution in [1.29, 1.82) is 0 Å². The largest absolute Gasteiger partial charge is 0.441 e. The quantitative estimate of drug-likeness (QED) is 0.548. The lowest BCUT2D eigenvalue weighted by atomic mass is 10.2. The number of hydrogen-bond acceptors (Lipinski definition) is 5. The van der Waals surface area contributed by atoms with Gasteiger partial charge in [-0.1, -0.05) is 0 Å². The number of halogens is 3. The van der Waals surface area contributed by atoms with Crippen LogP contribution in [0.5, 0.6) is 0 Å². The fourth-order valence-corrected chi connectivity index (χ4v) is 2.52. The molecule has 0 amide bonds. The second kappa shape index (κ2) is 6.55. The first-order chi connectivity index (χ1) is 9.15. The highest BCUT2D eigenvalue weighted by molar-refractivity contribution is 8.00. The Balaban J connectivity index is 2.73. The molecule has 20 heavy (non-hydrogen) atoms. The molecule has 114 valence electrons. The maximum Gasteiger partial charge on any atom is 0.441 e. The highest BCUT2D eigenvalue weighted by Crippen LogP contribution is 2.30. The summed E-state index contributed by atoms with van der Waals surface area (Å²) in [6.07, 6.45) is 0. The number of benzene rings is 1. The van der Waals surface area contributed by atoms with Crippen molar-refractivity contribution in [3.8, 4) is 0 Å². The normalized spacial score (nSPS) is 12.4. The Morgan fingerprint density at radius 3 is 2.55 bits per heavy atom. The van der Waals surface area contributed by atoms with Crippen LogP contribution in [0.1, 0.15) is 0 Å². The Bertz CT molecular complexity index is 561. The van der Waals surface area contributed by atoms with Gasteiger partial charge in [0.15, 0.2) is 0 Å². The van der Waals surface area contributed by atoms with Crippen LogP contribution in [-0.4, -0.2) is 33.3 Å². The average Bonchev–Trinajstić information content (AvgIpc) is 2.35. The minimum Gasteiger partial charge on any atom is -0.397 e. The Kier molecular flexibility index (Phi) is 5.54. The van der Waals surface area contributed by atoms with E-state index in [4.69, 9.17) is 5.73 Å². The average molecular weight is 329 g/mol. The summed E-state index contributed by atoms with van der Waals surface area (Å²) < 4.78 is 61.2. The van der Waals surface area contributed by atoms with Crippen LogP contribution in [0.2, 0.25) is 0 Å². The Hall–Kier alpha value is -1.13. The topological polar surface area (TPSA) is 84.2 Å². The third-order valence-corrected chi connectivity index (χ3v) is 4.43. The SMILES string of the molecule is CNS(=O)(=O)c1ccc(N)c(NCCSC(F)(F)F)c1. The van der Waals surface area contributed by atoms with Gasteiger partial charge in [0.2, 0.25) is 10.0 Å². The molecule has 4 N–H and O–H groups in total. The molecular formula is C10H14F3N3O2S2. The summed E-state index contributed by atoms with van der Waals surface area (Å²) in [4.78, 5) is -0.0137. The van der Waals surface area contributed by atoms with Gasteiger partial charge in [-0.25, -0.2) is 13.1 Å². The first-order valence-electron chi connectivity index (χ1n) is 5.43. The smallest absolute Gasteiger partial charge is 0.397 e. The molecule has 0 atom stereocenters. The van der Waals surface area contributed by atoms with Gasteiger partial charge in [0.05, 0.1) is 16.3 Å². The highest BCUT2D eigenvalue weighted by Gasteiger charge is 2.27. The first-order valence-corrected chi connectivity index (χ1v) is 7.90. The summed E-state index contributed by atoms with van der Waals surface area (Å²) in [7, 11) is -2.36. The van der Waals surface area contributed by atoms with E-state index >= 15 is 0 Å². The van der Waals surface area contributed by atoms with E-state index in [0.717, 1.165) is 0 Å². The zero-order chi connectivity index (χ0) is 15.4. The van der Waals surface area contributed by atoms with Gasteiger partial charge in [-0.3, -0.25) is 0 Å². The Morgan fingerprint density at radius 1 is 1.35 bits per heavy atom. The molecule has 0 heterocycles. The molecule has 1 aromatic carbocycles. The van der Waals surface area contributed by atoms with E-state index in [2.05, 4.69) is 10.0 Å². The molecule has 0 aromatic heterocycles. The van der Waals surface area contributed by atoms with Crippen LogP contribution >= 0.6 is 11.8 Å². The van der Waals surface area contributed by atoms with E-state index in [1.54, 1.807) is 0 Å². The summed E-state index contributed by atoms with van der Waals surface area (Å²) in [5.74, 6) is -0.202. The van der Waals surface area contributed by atoms with Crippen molar-refractivity contribution in [1.82, 2.24) is 4.72 Å². The Labute approximate surface area is 119 Å². The minimum absolute atomic E-state index is 0.0113. The molecular weight excluding hydrogens is 315 g/mol. The van der Waals surface area contributed by atoms with Crippen molar-refractivity contribution in [2.75, 3.05) is 30.4 Å². The lowest BCUT2D eigenvalue weighted by Crippen LogP contribution is -2.19. The summed E-state index contributed by atoms with van der Waals surface area (Å²) in [6, 6.07) is 3.97. The van der Waals surface area contributed by atoms with Gasteiger partial charge in [0.1, 0.15) is 0 Å². The first kappa shape index (κ1) is 16.9. The van der Waals surface area contributed by atoms with Crippen LogP contribution in [0, 0.1) is 0 Å². The zero-order valence-electron chi connectivity index (χ0n) is 10.5. The van der Waals surface area contributed by atoms with E-state index < -0.39 is 15.5 Å². The predicted octanol–water partition coefficient (Wildman–Crippen LogP) is 1.84. The van der Waals surface area contributed by atoms with Crippen molar-refractivity contribution in [3.63, 3.8) is 0 Å². The minimum atomic E-state index is -4.29. The van der Waals surface area contributed by atoms with Gasteiger partial charge in [-0.2, -0.15) is 13.2 Å². The van der Waals surface area contributed by atoms with Gasteiger partial charge in [-0.15, -0.1) is 0 Å². The highest BCUT2D eigenvalue weighted by atomic mass is 32.2. The molecule has 0 aliphatic rings. The number of rotatable bonds is 6. The van der Waals surface area contributed by atoms with Crippen molar-refractivity contribution in [2.45, 2.75) is 10.4 Å². The lowest BCUT2D eigenvalue weighted by Gasteiger charge is -2.12. The maximum absolute atomic E-state index is 11.9. The number of anilines is 2. The van der Waals surface area contributed by atoms with Crippen LogP contribution in [0.4, 0.5) is 24.5 Å². The number of thioether (sulfide) groups is 1. The number of alkyl halides is 3. The third kappa shape index (κ3) is 5.10. The van der Waals surface area contributed by atoms with Gasteiger partial charge in [0, 0.05) is 12.3 Å². The molecule has 0 bridgehead atoms. The molecule has 0 saturated heterocycles. The molecule has 0 aliphatic carbocycles. The van der Waals surface area contributed by atoms with Crippen molar-refractivity contribution in [3.05, 3.63) is 18.2 Å². The molecule has 0 radical (unpaired) electrons. The van der Waals surface area contributed by atoms with E-state index in [0.29, 0.717) is 0 Å². The number of hydrogen-bond donors (Lipinski definition) is 3. The molecule has 0 fully saturated rings. The van der Waals surface area contributed by atoms with E-state index in [-0.39, 0.29) is 40.3 Å². The number of nitrogens with one attached hydrogen (secondary N) is 2. The van der Waals surface area contributed by atoms with Gasteiger partial charge in [-0.05, 0) is 37.0 Å². The summed E-state index contributed by atoms with van der Waals surface area (Å²) in [5, 5.41) is 2.68.